The Hall–Kier alpha value is -1.82. The van der Waals surface area contributed by atoms with Gasteiger partial charge < -0.3 is 14.6 Å². The van der Waals surface area contributed by atoms with Gasteiger partial charge in [0.2, 0.25) is 11.8 Å². The summed E-state index contributed by atoms with van der Waals surface area (Å²) >= 11 is 0. The van der Waals surface area contributed by atoms with Crippen LogP contribution in [-0.4, -0.2) is 55.3 Å². The topological polar surface area (TPSA) is 65.8 Å². The van der Waals surface area contributed by atoms with Crippen LogP contribution in [0.5, 0.6) is 0 Å². The lowest BCUT2D eigenvalue weighted by molar-refractivity contribution is -0.138. The molecule has 6 heteroatoms. The molecule has 2 heterocycles. The molecule has 2 atom stereocenters. The number of carbonyl (C=O) groups excluding carboxylic acids is 2. The standard InChI is InChI=1S/C18H29N3O3/c1-13(2)18(23)21-9-5-7-14(12-21)17(22)19-11-15(20(3)4)16-8-6-10-24-16/h6,8,10,13-15H,5,7,9,11-12H2,1-4H3,(H,19,22)/t14-,15+/m1/s1. The highest BCUT2D eigenvalue weighted by Gasteiger charge is 2.30. The molecule has 1 fully saturated rings. The van der Waals surface area contributed by atoms with E-state index in [0.717, 1.165) is 25.1 Å². The number of amides is 2. The molecule has 2 rings (SSSR count). The van der Waals surface area contributed by atoms with E-state index in [0.29, 0.717) is 13.1 Å². The predicted octanol–water partition coefficient (Wildman–Crippen LogP) is 1.89. The fourth-order valence-corrected chi connectivity index (χ4v) is 3.12. The minimum atomic E-state index is -0.124. The zero-order valence-electron chi connectivity index (χ0n) is 15.1. The largest absolute Gasteiger partial charge is 0.468 e. The summed E-state index contributed by atoms with van der Waals surface area (Å²) in [7, 11) is 3.92. The van der Waals surface area contributed by atoms with Gasteiger partial charge in [0.25, 0.3) is 0 Å². The molecule has 2 amide bonds. The number of furan rings is 1. The van der Waals surface area contributed by atoms with Crippen molar-refractivity contribution in [2.75, 3.05) is 33.7 Å². The summed E-state index contributed by atoms with van der Waals surface area (Å²) in [6.07, 6.45) is 3.36. The Labute approximate surface area is 144 Å². The van der Waals surface area contributed by atoms with Crippen LogP contribution < -0.4 is 5.32 Å². The van der Waals surface area contributed by atoms with E-state index < -0.39 is 0 Å². The normalized spacial score (nSPS) is 19.6. The molecule has 1 aliphatic rings. The molecule has 0 saturated carbocycles. The van der Waals surface area contributed by atoms with E-state index in [1.807, 2.05) is 49.9 Å². The minimum Gasteiger partial charge on any atom is -0.468 e. The second-order valence-corrected chi connectivity index (χ2v) is 7.02. The van der Waals surface area contributed by atoms with Gasteiger partial charge in [-0.05, 0) is 39.1 Å². The highest BCUT2D eigenvalue weighted by Crippen LogP contribution is 2.20. The van der Waals surface area contributed by atoms with Gasteiger partial charge >= 0.3 is 0 Å². The third-order valence-corrected chi connectivity index (χ3v) is 4.56. The van der Waals surface area contributed by atoms with Crippen LogP contribution in [0.4, 0.5) is 0 Å². The van der Waals surface area contributed by atoms with Crippen molar-refractivity contribution in [2.45, 2.75) is 32.7 Å². The lowest BCUT2D eigenvalue weighted by Gasteiger charge is -2.33. The van der Waals surface area contributed by atoms with Crippen LogP contribution in [0.3, 0.4) is 0 Å². The predicted molar refractivity (Wildman–Crippen MR) is 92.3 cm³/mol. The molecule has 1 saturated heterocycles. The Balaban J connectivity index is 1.90. The molecular weight excluding hydrogens is 306 g/mol. The molecule has 1 aromatic heterocycles. The van der Waals surface area contributed by atoms with Gasteiger partial charge in [0.05, 0.1) is 18.2 Å². The second kappa shape index (κ2) is 8.33. The Morgan fingerprint density at radius 3 is 2.75 bits per heavy atom. The number of likely N-dealkylation sites (tertiary alicyclic amines) is 1. The van der Waals surface area contributed by atoms with Gasteiger partial charge in [0.15, 0.2) is 0 Å². The number of hydrogen-bond acceptors (Lipinski definition) is 4. The zero-order valence-corrected chi connectivity index (χ0v) is 15.1. The molecule has 0 bridgehead atoms. The lowest BCUT2D eigenvalue weighted by Crippen LogP contribution is -2.47. The number of carbonyl (C=O) groups is 2. The Morgan fingerprint density at radius 1 is 1.42 bits per heavy atom. The van der Waals surface area contributed by atoms with Crippen LogP contribution >= 0.6 is 0 Å². The third kappa shape index (κ3) is 4.60. The number of nitrogens with one attached hydrogen (secondary N) is 1. The average Bonchev–Trinajstić information content (AvgIpc) is 3.08. The first-order chi connectivity index (χ1) is 11.4. The number of likely N-dealkylation sites (N-methyl/N-ethyl adjacent to an activating group) is 1. The summed E-state index contributed by atoms with van der Waals surface area (Å²) in [5.41, 5.74) is 0. The molecule has 1 N–H and O–H groups in total. The molecule has 0 radical (unpaired) electrons. The van der Waals surface area contributed by atoms with Crippen LogP contribution in [0.25, 0.3) is 0 Å². The number of piperidine rings is 1. The van der Waals surface area contributed by atoms with Crippen molar-refractivity contribution in [1.82, 2.24) is 15.1 Å². The van der Waals surface area contributed by atoms with E-state index >= 15 is 0 Å². The van der Waals surface area contributed by atoms with Gasteiger partial charge in [0.1, 0.15) is 5.76 Å². The van der Waals surface area contributed by atoms with E-state index in [1.54, 1.807) is 6.26 Å². The maximum absolute atomic E-state index is 12.5. The van der Waals surface area contributed by atoms with E-state index in [2.05, 4.69) is 5.32 Å². The molecule has 1 aromatic rings. The fraction of sp³-hybridized carbons (Fsp3) is 0.667. The molecule has 0 unspecified atom stereocenters. The molecule has 6 nitrogen and oxygen atoms in total. The fourth-order valence-electron chi connectivity index (χ4n) is 3.12. The van der Waals surface area contributed by atoms with Crippen LogP contribution in [0.15, 0.2) is 22.8 Å². The van der Waals surface area contributed by atoms with Crippen molar-refractivity contribution >= 4 is 11.8 Å². The lowest BCUT2D eigenvalue weighted by atomic mass is 9.96. The van der Waals surface area contributed by atoms with Crippen LogP contribution in [0.2, 0.25) is 0 Å². The first-order valence-corrected chi connectivity index (χ1v) is 8.66. The minimum absolute atomic E-state index is 0.000870. The number of nitrogens with zero attached hydrogens (tertiary/aromatic N) is 2. The van der Waals surface area contributed by atoms with Crippen LogP contribution in [0, 0.1) is 11.8 Å². The maximum atomic E-state index is 12.5. The van der Waals surface area contributed by atoms with Crippen molar-refractivity contribution < 1.29 is 14.0 Å². The van der Waals surface area contributed by atoms with Crippen molar-refractivity contribution in [3.63, 3.8) is 0 Å². The molecule has 0 spiro atoms. The summed E-state index contributed by atoms with van der Waals surface area (Å²) in [5, 5.41) is 3.03. The van der Waals surface area contributed by atoms with Gasteiger partial charge in [-0.3, -0.25) is 14.5 Å². The highest BCUT2D eigenvalue weighted by molar-refractivity contribution is 5.82. The average molecular weight is 335 g/mol. The highest BCUT2D eigenvalue weighted by atomic mass is 16.3. The smallest absolute Gasteiger partial charge is 0.225 e. The molecule has 1 aliphatic heterocycles. The maximum Gasteiger partial charge on any atom is 0.225 e. The van der Waals surface area contributed by atoms with Crippen molar-refractivity contribution in [3.8, 4) is 0 Å². The van der Waals surface area contributed by atoms with E-state index in [4.69, 9.17) is 4.42 Å². The quantitative estimate of drug-likeness (QED) is 0.862. The molecular formula is C18H29N3O3. The van der Waals surface area contributed by atoms with Crippen molar-refractivity contribution in [3.05, 3.63) is 24.2 Å². The third-order valence-electron chi connectivity index (χ3n) is 4.56. The Bertz CT molecular complexity index is 540. The molecule has 134 valence electrons. The summed E-state index contributed by atoms with van der Waals surface area (Å²) in [6.45, 7) is 5.58. The summed E-state index contributed by atoms with van der Waals surface area (Å²) < 4.78 is 5.46. The molecule has 0 aliphatic carbocycles. The zero-order chi connectivity index (χ0) is 17.7. The van der Waals surface area contributed by atoms with Gasteiger partial charge in [-0.15, -0.1) is 0 Å². The molecule has 0 aromatic carbocycles. The van der Waals surface area contributed by atoms with Gasteiger partial charge in [0, 0.05) is 25.6 Å². The SMILES string of the molecule is CC(C)C(=O)N1CCC[C@@H](C(=O)NC[C@@H](c2ccco2)N(C)C)C1. The van der Waals surface area contributed by atoms with Gasteiger partial charge in [-0.25, -0.2) is 0 Å². The van der Waals surface area contributed by atoms with Crippen LogP contribution in [-0.2, 0) is 9.59 Å². The number of rotatable bonds is 6. The van der Waals surface area contributed by atoms with Crippen LogP contribution in [0.1, 0.15) is 38.5 Å². The summed E-state index contributed by atoms with van der Waals surface area (Å²) in [6, 6.07) is 3.77. The van der Waals surface area contributed by atoms with Crippen molar-refractivity contribution in [1.29, 1.82) is 0 Å². The Morgan fingerprint density at radius 2 is 2.17 bits per heavy atom. The first-order valence-electron chi connectivity index (χ1n) is 8.66. The first kappa shape index (κ1) is 18.5. The summed E-state index contributed by atoms with van der Waals surface area (Å²) in [4.78, 5) is 28.5. The van der Waals surface area contributed by atoms with Gasteiger partial charge in [-0.1, -0.05) is 13.8 Å². The van der Waals surface area contributed by atoms with E-state index in [1.165, 1.54) is 0 Å². The monoisotopic (exact) mass is 335 g/mol. The summed E-state index contributed by atoms with van der Waals surface area (Å²) in [5.74, 6) is 0.842. The Kier molecular flexibility index (Phi) is 6.43. The van der Waals surface area contributed by atoms with Gasteiger partial charge in [-0.2, -0.15) is 0 Å². The van der Waals surface area contributed by atoms with Crippen molar-refractivity contribution in [2.24, 2.45) is 11.8 Å². The van der Waals surface area contributed by atoms with E-state index in [9.17, 15) is 9.59 Å². The second-order valence-electron chi connectivity index (χ2n) is 7.02. The molecule has 24 heavy (non-hydrogen) atoms. The number of hydrogen-bond donors (Lipinski definition) is 1. The van der Waals surface area contributed by atoms with E-state index in [-0.39, 0.29) is 29.7 Å².